The molecule has 0 N–H and O–H groups in total. The lowest BCUT2D eigenvalue weighted by Gasteiger charge is -2.00. The minimum absolute atomic E-state index is 0.312. The van der Waals surface area contributed by atoms with Gasteiger partial charge in [-0.3, -0.25) is 0 Å². The van der Waals surface area contributed by atoms with E-state index in [0.717, 1.165) is 21.2 Å². The molecule has 0 bridgehead atoms. The molecule has 0 spiro atoms. The van der Waals surface area contributed by atoms with Crippen molar-refractivity contribution in [3.05, 3.63) is 58.6 Å². The zero-order chi connectivity index (χ0) is 14.7. The van der Waals surface area contributed by atoms with Crippen LogP contribution in [0.4, 0.5) is 0 Å². The molecule has 3 rings (SSSR count). The highest BCUT2D eigenvalue weighted by Gasteiger charge is 2.13. The van der Waals surface area contributed by atoms with Crippen LogP contribution in [-0.4, -0.2) is 10.1 Å². The summed E-state index contributed by atoms with van der Waals surface area (Å²) in [5.74, 6) is 0.961. The maximum absolute atomic E-state index is 8.88. The van der Waals surface area contributed by atoms with Crippen LogP contribution in [0.25, 0.3) is 22.8 Å². The van der Waals surface area contributed by atoms with Crippen molar-refractivity contribution in [2.24, 2.45) is 0 Å². The molecule has 102 valence electrons. The number of aromatic nitrogens is 2. The molecule has 0 amide bonds. The highest BCUT2D eigenvalue weighted by molar-refractivity contribution is 9.10. The highest BCUT2D eigenvalue weighted by atomic mass is 79.9. The number of rotatable bonds is 3. The lowest BCUT2D eigenvalue weighted by Crippen LogP contribution is -1.88. The molecule has 0 radical (unpaired) electrons. The summed E-state index contributed by atoms with van der Waals surface area (Å²) in [5.41, 5.74) is 2.56. The van der Waals surface area contributed by atoms with E-state index in [1.165, 1.54) is 0 Å². The topological polar surface area (TPSA) is 62.7 Å². The Morgan fingerprint density at radius 2 is 1.86 bits per heavy atom. The molecule has 0 atom stereocenters. The molecule has 4 nitrogen and oxygen atoms in total. The van der Waals surface area contributed by atoms with Crippen LogP contribution in [0.2, 0.25) is 0 Å². The summed E-state index contributed by atoms with van der Waals surface area (Å²) in [6, 6.07) is 17.4. The van der Waals surface area contributed by atoms with E-state index in [-0.39, 0.29) is 0 Å². The van der Waals surface area contributed by atoms with Crippen LogP contribution in [0.1, 0.15) is 5.56 Å². The van der Waals surface area contributed by atoms with Crippen LogP contribution < -0.4 is 0 Å². The van der Waals surface area contributed by atoms with Crippen molar-refractivity contribution in [1.82, 2.24) is 10.1 Å². The van der Waals surface area contributed by atoms with E-state index >= 15 is 0 Å². The van der Waals surface area contributed by atoms with Crippen LogP contribution in [0, 0.1) is 11.3 Å². The lowest BCUT2D eigenvalue weighted by molar-refractivity contribution is 0.432. The number of hydrogen-bond donors (Lipinski definition) is 0. The SMILES string of the molecule is N#CCc1ccccc1-c1nc(-c2ccc(Br)cc2)no1. The molecule has 3 aromatic rings. The molecular weight excluding hydrogens is 330 g/mol. The number of hydrogen-bond acceptors (Lipinski definition) is 4. The molecule has 1 heterocycles. The van der Waals surface area contributed by atoms with E-state index in [9.17, 15) is 0 Å². The van der Waals surface area contributed by atoms with E-state index in [0.29, 0.717) is 18.1 Å². The van der Waals surface area contributed by atoms with Crippen molar-refractivity contribution in [2.75, 3.05) is 0 Å². The van der Waals surface area contributed by atoms with Crippen LogP contribution in [0.5, 0.6) is 0 Å². The maximum atomic E-state index is 8.88. The second kappa shape index (κ2) is 5.90. The second-order valence-electron chi connectivity index (χ2n) is 4.42. The molecular formula is C16H10BrN3O. The average Bonchev–Trinajstić information content (AvgIpc) is 2.99. The van der Waals surface area contributed by atoms with Crippen LogP contribution in [-0.2, 0) is 6.42 Å². The first-order valence-corrected chi connectivity index (χ1v) is 7.12. The third-order valence-electron chi connectivity index (χ3n) is 3.05. The van der Waals surface area contributed by atoms with Gasteiger partial charge in [0.25, 0.3) is 5.89 Å². The van der Waals surface area contributed by atoms with Crippen LogP contribution in [0.3, 0.4) is 0 Å². The highest BCUT2D eigenvalue weighted by Crippen LogP contribution is 2.26. The molecule has 0 aliphatic heterocycles. The Morgan fingerprint density at radius 3 is 2.62 bits per heavy atom. The van der Waals surface area contributed by atoms with Gasteiger partial charge in [0.2, 0.25) is 5.82 Å². The Labute approximate surface area is 130 Å². The summed E-state index contributed by atoms with van der Waals surface area (Å²) >= 11 is 3.39. The van der Waals surface area contributed by atoms with E-state index in [4.69, 9.17) is 9.78 Å². The molecule has 2 aromatic carbocycles. The number of halogens is 1. The van der Waals surface area contributed by atoms with Crippen molar-refractivity contribution in [3.8, 4) is 28.9 Å². The van der Waals surface area contributed by atoms with Gasteiger partial charge < -0.3 is 4.52 Å². The lowest BCUT2D eigenvalue weighted by atomic mass is 10.1. The molecule has 0 fully saturated rings. The Morgan fingerprint density at radius 1 is 1.10 bits per heavy atom. The zero-order valence-corrected chi connectivity index (χ0v) is 12.5. The van der Waals surface area contributed by atoms with Gasteiger partial charge >= 0.3 is 0 Å². The fourth-order valence-electron chi connectivity index (χ4n) is 2.02. The smallest absolute Gasteiger partial charge is 0.258 e. The number of benzene rings is 2. The molecule has 5 heteroatoms. The number of nitriles is 1. The second-order valence-corrected chi connectivity index (χ2v) is 5.34. The van der Waals surface area contributed by atoms with Gasteiger partial charge in [0.05, 0.1) is 12.5 Å². The summed E-state index contributed by atoms with van der Waals surface area (Å²) in [6.45, 7) is 0. The summed E-state index contributed by atoms with van der Waals surface area (Å²) < 4.78 is 6.33. The minimum Gasteiger partial charge on any atom is -0.334 e. The van der Waals surface area contributed by atoms with Gasteiger partial charge in [-0.2, -0.15) is 10.2 Å². The minimum atomic E-state index is 0.312. The van der Waals surface area contributed by atoms with Gasteiger partial charge in [-0.05, 0) is 35.9 Å². The Hall–Kier alpha value is -2.45. The maximum Gasteiger partial charge on any atom is 0.258 e. The van der Waals surface area contributed by atoms with E-state index in [1.54, 1.807) is 0 Å². The van der Waals surface area contributed by atoms with Gasteiger partial charge in [0.1, 0.15) is 0 Å². The van der Waals surface area contributed by atoms with E-state index in [1.807, 2.05) is 48.5 Å². The first kappa shape index (κ1) is 13.5. The molecule has 0 aliphatic carbocycles. The monoisotopic (exact) mass is 339 g/mol. The normalized spacial score (nSPS) is 10.3. The van der Waals surface area contributed by atoms with Crippen molar-refractivity contribution >= 4 is 15.9 Å². The van der Waals surface area contributed by atoms with Gasteiger partial charge in [-0.1, -0.05) is 39.3 Å². The van der Waals surface area contributed by atoms with Crippen LogP contribution in [0.15, 0.2) is 57.5 Å². The van der Waals surface area contributed by atoms with Crippen molar-refractivity contribution < 1.29 is 4.52 Å². The fourth-order valence-corrected chi connectivity index (χ4v) is 2.28. The predicted octanol–water partition coefficient (Wildman–Crippen LogP) is 4.23. The molecule has 0 unspecified atom stereocenters. The predicted molar refractivity (Wildman–Crippen MR) is 82.2 cm³/mol. The van der Waals surface area contributed by atoms with Gasteiger partial charge in [0.15, 0.2) is 0 Å². The molecule has 0 saturated carbocycles. The largest absolute Gasteiger partial charge is 0.334 e. The van der Waals surface area contributed by atoms with Crippen molar-refractivity contribution in [3.63, 3.8) is 0 Å². The molecule has 21 heavy (non-hydrogen) atoms. The third kappa shape index (κ3) is 2.86. The summed E-state index contributed by atoms with van der Waals surface area (Å²) in [6.07, 6.45) is 0.312. The summed E-state index contributed by atoms with van der Waals surface area (Å²) in [5, 5.41) is 12.9. The van der Waals surface area contributed by atoms with Gasteiger partial charge in [0, 0.05) is 15.6 Å². The molecule has 0 aliphatic rings. The first-order valence-electron chi connectivity index (χ1n) is 6.33. The quantitative estimate of drug-likeness (QED) is 0.716. The fraction of sp³-hybridized carbons (Fsp3) is 0.0625. The van der Waals surface area contributed by atoms with Crippen molar-refractivity contribution in [2.45, 2.75) is 6.42 Å². The summed E-state index contributed by atoms with van der Waals surface area (Å²) in [7, 11) is 0. The van der Waals surface area contributed by atoms with Crippen molar-refractivity contribution in [1.29, 1.82) is 5.26 Å². The third-order valence-corrected chi connectivity index (χ3v) is 3.57. The Kier molecular flexibility index (Phi) is 3.80. The zero-order valence-electron chi connectivity index (χ0n) is 11.0. The molecule has 0 saturated heterocycles. The Balaban J connectivity index is 1.99. The number of nitrogens with zero attached hydrogens (tertiary/aromatic N) is 3. The van der Waals surface area contributed by atoms with Gasteiger partial charge in [-0.25, -0.2) is 0 Å². The molecule has 1 aromatic heterocycles. The van der Waals surface area contributed by atoms with Crippen LogP contribution >= 0.6 is 15.9 Å². The summed E-state index contributed by atoms with van der Waals surface area (Å²) in [4.78, 5) is 4.42. The Bertz CT molecular complexity index is 803. The van der Waals surface area contributed by atoms with E-state index in [2.05, 4.69) is 32.1 Å². The average molecular weight is 340 g/mol. The van der Waals surface area contributed by atoms with E-state index < -0.39 is 0 Å². The standard InChI is InChI=1S/C16H10BrN3O/c17-13-7-5-12(6-8-13)15-19-16(21-20-15)14-4-2-1-3-11(14)9-10-18/h1-8H,9H2. The first-order chi connectivity index (χ1) is 10.3. The van der Waals surface area contributed by atoms with Gasteiger partial charge in [-0.15, -0.1) is 0 Å².